The molecule has 1 aliphatic rings. The van der Waals surface area contributed by atoms with E-state index in [1.165, 1.54) is 0 Å². The average Bonchev–Trinajstić information content (AvgIpc) is 2.76. The third kappa shape index (κ3) is 2.07. The molecule has 0 fully saturated rings. The molecule has 1 aromatic carbocycles. The number of aromatic nitrogens is 2. The zero-order chi connectivity index (χ0) is 14.3. The molecule has 7 heteroatoms. The second-order valence-electron chi connectivity index (χ2n) is 4.11. The van der Waals surface area contributed by atoms with Gasteiger partial charge >= 0.3 is 0 Å². The topological polar surface area (TPSA) is 75.8 Å². The van der Waals surface area contributed by atoms with E-state index in [2.05, 4.69) is 20.9 Å². The number of hydrogen-bond acceptors (Lipinski definition) is 5. The summed E-state index contributed by atoms with van der Waals surface area (Å²) in [5.41, 5.74) is 0.507. The Bertz CT molecular complexity index is 838. The van der Waals surface area contributed by atoms with Crippen molar-refractivity contribution in [2.24, 2.45) is 0 Å². The van der Waals surface area contributed by atoms with Gasteiger partial charge in [0.2, 0.25) is 5.12 Å². The predicted octanol–water partition coefficient (Wildman–Crippen LogP) is 2.18. The van der Waals surface area contributed by atoms with Crippen LogP contribution in [0.15, 0.2) is 38.7 Å². The number of carbonyl (C=O) groups excluding carboxylic acids is 1. The first-order chi connectivity index (χ1) is 9.60. The lowest BCUT2D eigenvalue weighted by Gasteiger charge is -2.11. The molecular weight excluding hydrogens is 342 g/mol. The van der Waals surface area contributed by atoms with Crippen LogP contribution in [0.3, 0.4) is 0 Å². The Balaban J connectivity index is 2.38. The number of hydrogen-bond donors (Lipinski definition) is 0. The van der Waals surface area contributed by atoms with E-state index in [4.69, 9.17) is 0 Å². The highest BCUT2D eigenvalue weighted by atomic mass is 79.9. The Kier molecular flexibility index (Phi) is 3.20. The number of nitrogens with zero attached hydrogens (tertiary/aromatic N) is 3. The fourth-order valence-electron chi connectivity index (χ4n) is 2.06. The van der Waals surface area contributed by atoms with E-state index in [1.54, 1.807) is 16.7 Å². The largest absolute Gasteiger partial charge is 0.310 e. The Morgan fingerprint density at radius 2 is 2.20 bits per heavy atom. The van der Waals surface area contributed by atoms with Crippen molar-refractivity contribution in [1.82, 2.24) is 9.55 Å². The standard InChI is InChI=1S/C13H6BrN3O2S/c14-8-3-1-2-7(4-8)11-9(5-15)12(19)16-13-17(11)6-10(18)20-13/h1-4H,6H2. The van der Waals surface area contributed by atoms with Gasteiger partial charge in [-0.05, 0) is 23.9 Å². The summed E-state index contributed by atoms with van der Waals surface area (Å²) in [6.07, 6.45) is 0. The maximum Gasteiger partial charge on any atom is 0.292 e. The molecule has 2 heterocycles. The lowest BCUT2D eigenvalue weighted by molar-refractivity contribution is -0.111. The molecule has 1 aromatic heterocycles. The van der Waals surface area contributed by atoms with Gasteiger partial charge in [-0.1, -0.05) is 28.1 Å². The van der Waals surface area contributed by atoms with Crippen LogP contribution in [0.1, 0.15) is 5.56 Å². The van der Waals surface area contributed by atoms with E-state index < -0.39 is 5.56 Å². The Morgan fingerprint density at radius 3 is 2.90 bits per heavy atom. The first-order valence-electron chi connectivity index (χ1n) is 5.61. The van der Waals surface area contributed by atoms with Crippen LogP contribution in [0, 0.1) is 11.3 Å². The van der Waals surface area contributed by atoms with Crippen LogP contribution in [0.25, 0.3) is 11.3 Å². The molecule has 0 unspecified atom stereocenters. The Labute approximate surface area is 126 Å². The zero-order valence-corrected chi connectivity index (χ0v) is 12.4. The molecule has 0 saturated carbocycles. The van der Waals surface area contributed by atoms with E-state index in [9.17, 15) is 14.9 Å². The minimum atomic E-state index is -0.601. The average molecular weight is 348 g/mol. The van der Waals surface area contributed by atoms with Gasteiger partial charge in [-0.25, -0.2) is 0 Å². The van der Waals surface area contributed by atoms with Crippen molar-refractivity contribution in [3.8, 4) is 17.3 Å². The van der Waals surface area contributed by atoms with Crippen LogP contribution in [0.4, 0.5) is 0 Å². The lowest BCUT2D eigenvalue weighted by atomic mass is 10.1. The molecule has 0 bridgehead atoms. The van der Waals surface area contributed by atoms with Gasteiger partial charge in [-0.15, -0.1) is 0 Å². The quantitative estimate of drug-likeness (QED) is 0.739. The Hall–Kier alpha value is -1.91. The van der Waals surface area contributed by atoms with Gasteiger partial charge < -0.3 is 4.57 Å². The molecular formula is C13H6BrN3O2S. The minimum absolute atomic E-state index is 0.0397. The number of thioether (sulfide) groups is 1. The van der Waals surface area contributed by atoms with Gasteiger partial charge in [0, 0.05) is 10.0 Å². The van der Waals surface area contributed by atoms with E-state index >= 15 is 0 Å². The fraction of sp³-hybridized carbons (Fsp3) is 0.0769. The van der Waals surface area contributed by atoms with E-state index in [0.29, 0.717) is 16.4 Å². The van der Waals surface area contributed by atoms with E-state index in [-0.39, 0.29) is 17.2 Å². The smallest absolute Gasteiger partial charge is 0.292 e. The van der Waals surface area contributed by atoms with Gasteiger partial charge in [0.15, 0.2) is 5.16 Å². The highest BCUT2D eigenvalue weighted by Gasteiger charge is 2.27. The molecule has 0 atom stereocenters. The van der Waals surface area contributed by atoms with Crippen molar-refractivity contribution in [3.05, 3.63) is 44.7 Å². The van der Waals surface area contributed by atoms with Crippen LogP contribution in [0.2, 0.25) is 0 Å². The minimum Gasteiger partial charge on any atom is -0.310 e. The first kappa shape index (κ1) is 13.1. The summed E-state index contributed by atoms with van der Waals surface area (Å²) in [6, 6.07) is 9.14. The van der Waals surface area contributed by atoms with Crippen LogP contribution in [0.5, 0.6) is 0 Å². The summed E-state index contributed by atoms with van der Waals surface area (Å²) in [5, 5.41) is 9.47. The molecule has 0 aliphatic carbocycles. The molecule has 98 valence electrons. The maximum atomic E-state index is 11.9. The monoisotopic (exact) mass is 347 g/mol. The second kappa shape index (κ2) is 4.89. The molecule has 0 N–H and O–H groups in total. The highest BCUT2D eigenvalue weighted by molar-refractivity contribution is 9.10. The van der Waals surface area contributed by atoms with Gasteiger partial charge in [0.1, 0.15) is 11.6 Å². The Morgan fingerprint density at radius 1 is 1.40 bits per heavy atom. The first-order valence-corrected chi connectivity index (χ1v) is 7.22. The molecule has 20 heavy (non-hydrogen) atoms. The van der Waals surface area contributed by atoms with Gasteiger partial charge in [0.05, 0.1) is 12.2 Å². The molecule has 0 spiro atoms. The summed E-state index contributed by atoms with van der Waals surface area (Å²) in [4.78, 5) is 27.3. The summed E-state index contributed by atoms with van der Waals surface area (Å²) in [7, 11) is 0. The lowest BCUT2D eigenvalue weighted by Crippen LogP contribution is -2.18. The third-order valence-electron chi connectivity index (χ3n) is 2.85. The molecule has 5 nitrogen and oxygen atoms in total. The summed E-state index contributed by atoms with van der Waals surface area (Å²) in [5.74, 6) is 0. The van der Waals surface area contributed by atoms with Crippen molar-refractivity contribution in [2.45, 2.75) is 11.7 Å². The summed E-state index contributed by atoms with van der Waals surface area (Å²) < 4.78 is 2.45. The van der Waals surface area contributed by atoms with Gasteiger partial charge in [-0.2, -0.15) is 10.2 Å². The van der Waals surface area contributed by atoms with Crippen LogP contribution < -0.4 is 5.56 Å². The van der Waals surface area contributed by atoms with Crippen LogP contribution in [-0.2, 0) is 11.3 Å². The van der Waals surface area contributed by atoms with Crippen molar-refractivity contribution in [1.29, 1.82) is 5.26 Å². The molecule has 2 aromatic rings. The maximum absolute atomic E-state index is 11.9. The summed E-state index contributed by atoms with van der Waals surface area (Å²) >= 11 is 4.29. The van der Waals surface area contributed by atoms with Gasteiger partial charge in [-0.3, -0.25) is 9.59 Å². The normalized spacial score (nSPS) is 13.1. The fourth-order valence-corrected chi connectivity index (χ4v) is 3.25. The number of fused-ring (bicyclic) bond motifs is 1. The van der Waals surface area contributed by atoms with E-state index in [1.807, 2.05) is 18.2 Å². The van der Waals surface area contributed by atoms with Crippen LogP contribution in [-0.4, -0.2) is 14.7 Å². The van der Waals surface area contributed by atoms with Gasteiger partial charge in [0.25, 0.3) is 5.56 Å². The summed E-state index contributed by atoms with van der Waals surface area (Å²) in [6.45, 7) is 0.115. The molecule has 0 saturated heterocycles. The number of rotatable bonds is 1. The molecule has 0 radical (unpaired) electrons. The van der Waals surface area contributed by atoms with Crippen molar-refractivity contribution in [3.63, 3.8) is 0 Å². The number of halogens is 1. The SMILES string of the molecule is N#Cc1c(-c2cccc(Br)c2)n2c(nc1=O)SC(=O)C2. The predicted molar refractivity (Wildman–Crippen MR) is 77.2 cm³/mol. The zero-order valence-electron chi connectivity index (χ0n) is 9.96. The number of benzene rings is 1. The van der Waals surface area contributed by atoms with Crippen molar-refractivity contribution in [2.75, 3.05) is 0 Å². The highest BCUT2D eigenvalue weighted by Crippen LogP contribution is 2.32. The molecule has 1 aliphatic heterocycles. The molecule has 0 amide bonds. The second-order valence-corrected chi connectivity index (χ2v) is 6.05. The van der Waals surface area contributed by atoms with E-state index in [0.717, 1.165) is 16.2 Å². The van der Waals surface area contributed by atoms with Crippen molar-refractivity contribution >= 4 is 32.8 Å². The number of nitriles is 1. The van der Waals surface area contributed by atoms with Crippen LogP contribution >= 0.6 is 27.7 Å². The number of carbonyl (C=O) groups is 1. The van der Waals surface area contributed by atoms with Crippen molar-refractivity contribution < 1.29 is 4.79 Å². The molecule has 3 rings (SSSR count). The third-order valence-corrected chi connectivity index (χ3v) is 4.20.